The molecule has 2 aromatic carbocycles. The fraction of sp³-hybridized carbons (Fsp3) is 0.533. The standard InChI is InChI=1S/C30H37ClF2N2O4/c1-30(2,3)23-24(34-17-20-16-21(31)14-15-22(20)39-29(32)33)25(18-10-6-4-7-11-18)35(26(23)28(37)38)27(36)19-12-8-5-9-13-19/h4,6-7,10-11,14-16,19,23-26,29,34H,5,8-9,12-13,17H2,1-3H3,(H,37,38)/t23-,24-,25-,26-/m0/s1. The van der Waals surface area contributed by atoms with Gasteiger partial charge in [-0.05, 0) is 42.0 Å². The number of halogens is 3. The number of benzene rings is 2. The zero-order chi connectivity index (χ0) is 28.3. The van der Waals surface area contributed by atoms with Crippen molar-refractivity contribution in [1.82, 2.24) is 10.2 Å². The van der Waals surface area contributed by atoms with Crippen LogP contribution in [0.2, 0.25) is 5.02 Å². The lowest BCUT2D eigenvalue weighted by Crippen LogP contribution is -2.49. The summed E-state index contributed by atoms with van der Waals surface area (Å²) in [7, 11) is 0. The number of rotatable bonds is 8. The molecule has 4 atom stereocenters. The van der Waals surface area contributed by atoms with Gasteiger partial charge < -0.3 is 20.1 Å². The minimum absolute atomic E-state index is 0.00612. The highest BCUT2D eigenvalue weighted by Crippen LogP contribution is 2.49. The van der Waals surface area contributed by atoms with Gasteiger partial charge in [-0.15, -0.1) is 0 Å². The topological polar surface area (TPSA) is 78.9 Å². The van der Waals surface area contributed by atoms with Crippen LogP contribution in [0, 0.1) is 17.3 Å². The average Bonchev–Trinajstić information content (AvgIpc) is 3.25. The fourth-order valence-electron chi connectivity index (χ4n) is 6.41. The Morgan fingerprint density at radius 1 is 1.10 bits per heavy atom. The summed E-state index contributed by atoms with van der Waals surface area (Å²) in [6.45, 7) is 3.02. The maximum atomic E-state index is 14.1. The predicted molar refractivity (Wildman–Crippen MR) is 146 cm³/mol. The van der Waals surface area contributed by atoms with Crippen molar-refractivity contribution in [2.45, 2.75) is 84.2 Å². The first-order valence-electron chi connectivity index (χ1n) is 13.6. The lowest BCUT2D eigenvalue weighted by atomic mass is 9.72. The normalized spacial score (nSPS) is 24.2. The van der Waals surface area contributed by atoms with E-state index in [1.807, 2.05) is 51.1 Å². The summed E-state index contributed by atoms with van der Waals surface area (Å²) in [5, 5.41) is 14.4. The SMILES string of the molecule is CC(C)(C)[C@H]1[C@H](NCc2cc(Cl)ccc2OC(F)F)[C@H](c2ccccc2)N(C(=O)C2CCCCC2)[C@@H]1C(=O)O. The second-order valence-electron chi connectivity index (χ2n) is 11.6. The molecule has 0 spiro atoms. The Hall–Kier alpha value is -2.71. The van der Waals surface area contributed by atoms with Crippen molar-refractivity contribution < 1.29 is 28.2 Å². The number of alkyl halides is 2. The Morgan fingerprint density at radius 3 is 2.36 bits per heavy atom. The van der Waals surface area contributed by atoms with Crippen LogP contribution in [0.5, 0.6) is 5.75 Å². The average molecular weight is 563 g/mol. The molecule has 0 unspecified atom stereocenters. The van der Waals surface area contributed by atoms with E-state index in [4.69, 9.17) is 16.3 Å². The third-order valence-electron chi connectivity index (χ3n) is 8.04. The summed E-state index contributed by atoms with van der Waals surface area (Å²) < 4.78 is 31.0. The monoisotopic (exact) mass is 562 g/mol. The molecule has 0 aromatic heterocycles. The van der Waals surface area contributed by atoms with E-state index in [1.54, 1.807) is 11.0 Å². The Balaban J connectivity index is 1.79. The first kappa shape index (κ1) is 29.3. The molecule has 2 aliphatic rings. The van der Waals surface area contributed by atoms with E-state index in [9.17, 15) is 23.5 Å². The molecule has 1 amide bonds. The Morgan fingerprint density at radius 2 is 1.77 bits per heavy atom. The second-order valence-corrected chi connectivity index (χ2v) is 12.1. The van der Waals surface area contributed by atoms with Gasteiger partial charge in [0.25, 0.3) is 0 Å². The Labute approximate surface area is 233 Å². The minimum Gasteiger partial charge on any atom is -0.480 e. The van der Waals surface area contributed by atoms with Gasteiger partial charge in [0, 0.05) is 35.0 Å². The van der Waals surface area contributed by atoms with Gasteiger partial charge >= 0.3 is 12.6 Å². The molecule has 6 nitrogen and oxygen atoms in total. The number of carboxylic acid groups (broad SMARTS) is 1. The molecule has 2 N–H and O–H groups in total. The van der Waals surface area contributed by atoms with Crippen LogP contribution in [0.25, 0.3) is 0 Å². The maximum absolute atomic E-state index is 14.1. The summed E-state index contributed by atoms with van der Waals surface area (Å²) in [6.07, 6.45) is 4.47. The summed E-state index contributed by atoms with van der Waals surface area (Å²) in [5.74, 6) is -1.88. The first-order chi connectivity index (χ1) is 18.5. The highest BCUT2D eigenvalue weighted by molar-refractivity contribution is 6.30. The largest absolute Gasteiger partial charge is 0.480 e. The molecule has 1 saturated carbocycles. The van der Waals surface area contributed by atoms with Gasteiger partial charge in [-0.1, -0.05) is 82.0 Å². The molecule has 39 heavy (non-hydrogen) atoms. The number of nitrogens with zero attached hydrogens (tertiary/aromatic N) is 1. The predicted octanol–water partition coefficient (Wildman–Crippen LogP) is 6.68. The van der Waals surface area contributed by atoms with Crippen LogP contribution in [0.4, 0.5) is 8.78 Å². The number of carbonyl (C=O) groups excluding carboxylic acids is 1. The molecule has 1 aliphatic heterocycles. The van der Waals surface area contributed by atoms with E-state index in [1.165, 1.54) is 12.1 Å². The quantitative estimate of drug-likeness (QED) is 0.375. The molecular formula is C30H37ClF2N2O4. The number of hydrogen-bond acceptors (Lipinski definition) is 4. The van der Waals surface area contributed by atoms with E-state index in [-0.39, 0.29) is 24.1 Å². The molecular weight excluding hydrogens is 526 g/mol. The first-order valence-corrected chi connectivity index (χ1v) is 13.9. The molecule has 1 heterocycles. The number of likely N-dealkylation sites (tertiary alicyclic amines) is 1. The summed E-state index contributed by atoms with van der Waals surface area (Å²) >= 11 is 6.19. The molecule has 2 fully saturated rings. The van der Waals surface area contributed by atoms with Gasteiger partial charge in [-0.25, -0.2) is 4.79 Å². The van der Waals surface area contributed by atoms with Crippen molar-refractivity contribution in [2.75, 3.05) is 0 Å². The van der Waals surface area contributed by atoms with Crippen molar-refractivity contribution in [3.05, 3.63) is 64.7 Å². The number of ether oxygens (including phenoxy) is 1. The molecule has 2 aromatic rings. The number of carboxylic acids is 1. The number of amides is 1. The van der Waals surface area contributed by atoms with Crippen LogP contribution in [0.3, 0.4) is 0 Å². The van der Waals surface area contributed by atoms with Gasteiger partial charge in [0.1, 0.15) is 11.8 Å². The van der Waals surface area contributed by atoms with Crippen LogP contribution < -0.4 is 10.1 Å². The van der Waals surface area contributed by atoms with E-state index < -0.39 is 42.0 Å². The van der Waals surface area contributed by atoms with Gasteiger partial charge in [0.2, 0.25) is 5.91 Å². The molecule has 212 valence electrons. The van der Waals surface area contributed by atoms with Crippen LogP contribution in [-0.2, 0) is 16.1 Å². The molecule has 1 saturated heterocycles. The van der Waals surface area contributed by atoms with Crippen molar-refractivity contribution in [3.63, 3.8) is 0 Å². The molecule has 0 radical (unpaired) electrons. The van der Waals surface area contributed by atoms with Crippen LogP contribution in [0.15, 0.2) is 48.5 Å². The van der Waals surface area contributed by atoms with Gasteiger partial charge in [0.15, 0.2) is 0 Å². The summed E-state index contributed by atoms with van der Waals surface area (Å²) in [6, 6.07) is 11.8. The summed E-state index contributed by atoms with van der Waals surface area (Å²) in [4.78, 5) is 28.7. The van der Waals surface area contributed by atoms with E-state index >= 15 is 0 Å². The highest BCUT2D eigenvalue weighted by atomic mass is 35.5. The zero-order valence-corrected chi connectivity index (χ0v) is 23.3. The van der Waals surface area contributed by atoms with Crippen molar-refractivity contribution in [2.24, 2.45) is 17.3 Å². The Kier molecular flexibility index (Phi) is 9.17. The smallest absolute Gasteiger partial charge is 0.387 e. The lowest BCUT2D eigenvalue weighted by molar-refractivity contribution is -0.154. The van der Waals surface area contributed by atoms with Crippen molar-refractivity contribution >= 4 is 23.5 Å². The fourth-order valence-corrected chi connectivity index (χ4v) is 6.61. The number of carbonyl (C=O) groups is 2. The second kappa shape index (κ2) is 12.2. The van der Waals surface area contributed by atoms with Crippen LogP contribution in [0.1, 0.15) is 70.0 Å². The van der Waals surface area contributed by atoms with Gasteiger partial charge in [-0.2, -0.15) is 8.78 Å². The van der Waals surface area contributed by atoms with Crippen molar-refractivity contribution in [1.29, 1.82) is 0 Å². The number of nitrogens with one attached hydrogen (secondary N) is 1. The maximum Gasteiger partial charge on any atom is 0.387 e. The zero-order valence-electron chi connectivity index (χ0n) is 22.6. The van der Waals surface area contributed by atoms with E-state index in [0.29, 0.717) is 10.6 Å². The molecule has 1 aliphatic carbocycles. The van der Waals surface area contributed by atoms with Crippen molar-refractivity contribution in [3.8, 4) is 5.75 Å². The molecule has 0 bridgehead atoms. The Bertz CT molecular complexity index is 1150. The third-order valence-corrected chi connectivity index (χ3v) is 8.27. The van der Waals surface area contributed by atoms with E-state index in [0.717, 1.165) is 37.7 Å². The van der Waals surface area contributed by atoms with Crippen LogP contribution >= 0.6 is 11.6 Å². The molecule has 9 heteroatoms. The molecule has 4 rings (SSSR count). The van der Waals surface area contributed by atoms with Crippen LogP contribution in [-0.4, -0.2) is 40.6 Å². The minimum atomic E-state index is -3.00. The third kappa shape index (κ3) is 6.55. The number of aliphatic carboxylic acids is 1. The number of hydrogen-bond donors (Lipinski definition) is 2. The highest BCUT2D eigenvalue weighted by Gasteiger charge is 2.58. The summed E-state index contributed by atoms with van der Waals surface area (Å²) in [5.41, 5.74) is 0.741. The lowest BCUT2D eigenvalue weighted by Gasteiger charge is -2.36. The van der Waals surface area contributed by atoms with Gasteiger partial charge in [-0.3, -0.25) is 4.79 Å². The van der Waals surface area contributed by atoms with E-state index in [2.05, 4.69) is 5.32 Å². The van der Waals surface area contributed by atoms with Gasteiger partial charge in [0.05, 0.1) is 6.04 Å².